The second-order valence-corrected chi connectivity index (χ2v) is 7.86. The molecular formula is C22H30N4O3. The molecule has 4 rings (SSSR count). The van der Waals surface area contributed by atoms with Gasteiger partial charge in [-0.05, 0) is 57.7 Å². The third-order valence-electron chi connectivity index (χ3n) is 5.83. The van der Waals surface area contributed by atoms with Gasteiger partial charge in [-0.2, -0.15) is 0 Å². The van der Waals surface area contributed by atoms with Crippen molar-refractivity contribution in [3.05, 3.63) is 23.9 Å². The SMILES string of the molecule is CCOc1ccc2nc(N3CCC(C(=O)NC[C@H]4CCCO4)CC3)nc(C)c2c1. The molecule has 0 radical (unpaired) electrons. The van der Waals surface area contributed by atoms with Crippen LogP contribution in [0.3, 0.4) is 0 Å². The molecule has 2 saturated heterocycles. The maximum atomic E-state index is 12.5. The van der Waals surface area contributed by atoms with Crippen molar-refractivity contribution in [2.24, 2.45) is 5.92 Å². The standard InChI is InChI=1S/C22H30N4O3/c1-3-28-17-6-7-20-19(13-17)15(2)24-22(25-20)26-10-8-16(9-11-26)21(27)23-14-18-5-4-12-29-18/h6-7,13,16,18H,3-5,8-12,14H2,1-2H3,(H,23,27)/t18-/m1/s1. The molecule has 29 heavy (non-hydrogen) atoms. The molecule has 7 heteroatoms. The lowest BCUT2D eigenvalue weighted by Crippen LogP contribution is -2.42. The molecule has 2 aliphatic rings. The molecular weight excluding hydrogens is 368 g/mol. The predicted molar refractivity (Wildman–Crippen MR) is 112 cm³/mol. The number of anilines is 1. The highest BCUT2D eigenvalue weighted by Crippen LogP contribution is 2.26. The molecule has 156 valence electrons. The van der Waals surface area contributed by atoms with Crippen LogP contribution in [-0.2, 0) is 9.53 Å². The minimum absolute atomic E-state index is 0.0583. The van der Waals surface area contributed by atoms with E-state index in [1.54, 1.807) is 0 Å². The van der Waals surface area contributed by atoms with Crippen molar-refractivity contribution in [3.63, 3.8) is 0 Å². The highest BCUT2D eigenvalue weighted by atomic mass is 16.5. The number of hydrogen-bond donors (Lipinski definition) is 1. The average Bonchev–Trinajstić information content (AvgIpc) is 3.26. The number of ether oxygens (including phenoxy) is 2. The smallest absolute Gasteiger partial charge is 0.226 e. The van der Waals surface area contributed by atoms with E-state index < -0.39 is 0 Å². The first-order chi connectivity index (χ1) is 14.1. The molecule has 1 aromatic carbocycles. The maximum Gasteiger partial charge on any atom is 0.226 e. The summed E-state index contributed by atoms with van der Waals surface area (Å²) in [5, 5.41) is 4.09. The Morgan fingerprint density at radius 1 is 1.28 bits per heavy atom. The molecule has 2 aliphatic heterocycles. The lowest BCUT2D eigenvalue weighted by molar-refractivity contribution is -0.126. The topological polar surface area (TPSA) is 76.6 Å². The highest BCUT2D eigenvalue weighted by Gasteiger charge is 2.27. The van der Waals surface area contributed by atoms with Crippen LogP contribution >= 0.6 is 0 Å². The van der Waals surface area contributed by atoms with E-state index in [1.165, 1.54) is 0 Å². The highest BCUT2D eigenvalue weighted by molar-refractivity contribution is 5.83. The van der Waals surface area contributed by atoms with E-state index in [0.29, 0.717) is 13.2 Å². The number of carbonyl (C=O) groups excluding carboxylic acids is 1. The van der Waals surface area contributed by atoms with Gasteiger partial charge in [-0.15, -0.1) is 0 Å². The van der Waals surface area contributed by atoms with Crippen LogP contribution in [0.4, 0.5) is 5.95 Å². The summed E-state index contributed by atoms with van der Waals surface area (Å²) < 4.78 is 11.2. The Hall–Kier alpha value is -2.41. The number of rotatable bonds is 6. The van der Waals surface area contributed by atoms with Gasteiger partial charge in [-0.1, -0.05) is 0 Å². The second-order valence-electron chi connectivity index (χ2n) is 7.86. The molecule has 1 atom stereocenters. The Balaban J connectivity index is 1.37. The number of nitrogens with zero attached hydrogens (tertiary/aromatic N) is 3. The Morgan fingerprint density at radius 2 is 2.10 bits per heavy atom. The molecule has 2 aromatic rings. The van der Waals surface area contributed by atoms with Crippen molar-refractivity contribution in [1.29, 1.82) is 0 Å². The van der Waals surface area contributed by atoms with Crippen LogP contribution in [-0.4, -0.2) is 54.8 Å². The number of aryl methyl sites for hydroxylation is 1. The molecule has 7 nitrogen and oxygen atoms in total. The molecule has 1 N–H and O–H groups in total. The van der Waals surface area contributed by atoms with Crippen LogP contribution in [0.2, 0.25) is 0 Å². The molecule has 0 saturated carbocycles. The summed E-state index contributed by atoms with van der Waals surface area (Å²) in [6.45, 7) is 7.66. The summed E-state index contributed by atoms with van der Waals surface area (Å²) in [5.41, 5.74) is 1.87. The van der Waals surface area contributed by atoms with Crippen molar-refractivity contribution < 1.29 is 14.3 Å². The van der Waals surface area contributed by atoms with Gasteiger partial charge >= 0.3 is 0 Å². The first-order valence-corrected chi connectivity index (χ1v) is 10.7. The van der Waals surface area contributed by atoms with E-state index in [-0.39, 0.29) is 17.9 Å². The van der Waals surface area contributed by atoms with Gasteiger partial charge in [0.25, 0.3) is 0 Å². The monoisotopic (exact) mass is 398 g/mol. The van der Waals surface area contributed by atoms with E-state index in [4.69, 9.17) is 19.4 Å². The summed E-state index contributed by atoms with van der Waals surface area (Å²) in [6, 6.07) is 5.94. The largest absolute Gasteiger partial charge is 0.494 e. The number of piperidine rings is 1. The zero-order valence-electron chi connectivity index (χ0n) is 17.3. The maximum absolute atomic E-state index is 12.5. The Labute approximate surface area is 171 Å². The van der Waals surface area contributed by atoms with Crippen molar-refractivity contribution in [1.82, 2.24) is 15.3 Å². The fourth-order valence-corrected chi connectivity index (χ4v) is 4.15. The van der Waals surface area contributed by atoms with Crippen LogP contribution in [0.25, 0.3) is 10.9 Å². The fraction of sp³-hybridized carbons (Fsp3) is 0.591. The van der Waals surface area contributed by atoms with Gasteiger partial charge in [-0.3, -0.25) is 4.79 Å². The fourth-order valence-electron chi connectivity index (χ4n) is 4.15. The molecule has 0 aliphatic carbocycles. The lowest BCUT2D eigenvalue weighted by atomic mass is 9.96. The molecule has 0 bridgehead atoms. The van der Waals surface area contributed by atoms with E-state index in [9.17, 15) is 4.79 Å². The molecule has 0 spiro atoms. The van der Waals surface area contributed by atoms with E-state index in [0.717, 1.165) is 73.7 Å². The first-order valence-electron chi connectivity index (χ1n) is 10.7. The minimum atomic E-state index is 0.0583. The third kappa shape index (κ3) is 4.61. The number of carbonyl (C=O) groups is 1. The normalized spacial score (nSPS) is 20.2. The predicted octanol–water partition coefficient (Wildman–Crippen LogP) is 2.85. The average molecular weight is 399 g/mol. The van der Waals surface area contributed by atoms with Crippen molar-refractivity contribution in [3.8, 4) is 5.75 Å². The van der Waals surface area contributed by atoms with Crippen molar-refractivity contribution >= 4 is 22.8 Å². The third-order valence-corrected chi connectivity index (χ3v) is 5.83. The summed E-state index contributed by atoms with van der Waals surface area (Å²) in [4.78, 5) is 24.2. The Bertz CT molecular complexity index is 859. The van der Waals surface area contributed by atoms with Crippen LogP contribution in [0, 0.1) is 12.8 Å². The van der Waals surface area contributed by atoms with Crippen LogP contribution in [0.1, 0.15) is 38.3 Å². The molecule has 1 aromatic heterocycles. The number of fused-ring (bicyclic) bond motifs is 1. The number of hydrogen-bond acceptors (Lipinski definition) is 6. The van der Waals surface area contributed by atoms with Crippen LogP contribution in [0.5, 0.6) is 5.75 Å². The summed E-state index contributed by atoms with van der Waals surface area (Å²) in [7, 11) is 0. The van der Waals surface area contributed by atoms with E-state index >= 15 is 0 Å². The number of benzene rings is 1. The quantitative estimate of drug-likeness (QED) is 0.806. The van der Waals surface area contributed by atoms with Gasteiger partial charge in [0.1, 0.15) is 5.75 Å². The van der Waals surface area contributed by atoms with Gasteiger partial charge < -0.3 is 19.7 Å². The van der Waals surface area contributed by atoms with Gasteiger partial charge in [0.15, 0.2) is 0 Å². The molecule has 0 unspecified atom stereocenters. The minimum Gasteiger partial charge on any atom is -0.494 e. The zero-order valence-corrected chi connectivity index (χ0v) is 17.3. The van der Waals surface area contributed by atoms with Gasteiger partial charge in [0.05, 0.1) is 23.9 Å². The van der Waals surface area contributed by atoms with Gasteiger partial charge in [0.2, 0.25) is 11.9 Å². The Kier molecular flexibility index (Phi) is 6.13. The first kappa shape index (κ1) is 19.9. The molecule has 3 heterocycles. The van der Waals surface area contributed by atoms with Gasteiger partial charge in [-0.25, -0.2) is 9.97 Å². The molecule has 2 fully saturated rings. The number of aromatic nitrogens is 2. The van der Waals surface area contributed by atoms with Crippen LogP contribution in [0.15, 0.2) is 18.2 Å². The summed E-state index contributed by atoms with van der Waals surface area (Å²) >= 11 is 0. The van der Waals surface area contributed by atoms with Crippen LogP contribution < -0.4 is 15.0 Å². The summed E-state index contributed by atoms with van der Waals surface area (Å²) in [5.74, 6) is 1.80. The summed E-state index contributed by atoms with van der Waals surface area (Å²) in [6.07, 6.45) is 3.97. The second kappa shape index (κ2) is 8.95. The van der Waals surface area contributed by atoms with Crippen molar-refractivity contribution in [2.75, 3.05) is 37.7 Å². The zero-order chi connectivity index (χ0) is 20.2. The lowest BCUT2D eigenvalue weighted by Gasteiger charge is -2.31. The van der Waals surface area contributed by atoms with Gasteiger partial charge in [0, 0.05) is 37.5 Å². The number of nitrogens with one attached hydrogen (secondary N) is 1. The Morgan fingerprint density at radius 3 is 2.83 bits per heavy atom. The van der Waals surface area contributed by atoms with E-state index in [1.807, 2.05) is 32.0 Å². The van der Waals surface area contributed by atoms with Crippen molar-refractivity contribution in [2.45, 2.75) is 45.6 Å². The molecule has 1 amide bonds. The van der Waals surface area contributed by atoms with E-state index in [2.05, 4.69) is 10.2 Å². The number of amides is 1.